The quantitative estimate of drug-likeness (QED) is 0.789. The normalized spacial score (nSPS) is 17.2. The van der Waals surface area contributed by atoms with Crippen LogP contribution in [-0.4, -0.2) is 55.0 Å². The summed E-state index contributed by atoms with van der Waals surface area (Å²) in [4.78, 5) is 18.4. The lowest BCUT2D eigenvalue weighted by Crippen LogP contribution is -2.50. The number of nitrogens with zero attached hydrogens (tertiary/aromatic N) is 2. The van der Waals surface area contributed by atoms with Crippen LogP contribution < -0.4 is 5.32 Å². The third-order valence-electron chi connectivity index (χ3n) is 4.79. The zero-order chi connectivity index (χ0) is 19.2. The van der Waals surface area contributed by atoms with Crippen molar-refractivity contribution in [3.63, 3.8) is 0 Å². The van der Waals surface area contributed by atoms with Gasteiger partial charge in [-0.15, -0.1) is 11.3 Å². The van der Waals surface area contributed by atoms with Crippen LogP contribution in [0.2, 0.25) is 0 Å². The lowest BCUT2D eigenvalue weighted by atomic mass is 10.1. The standard InChI is InChI=1S/C21H28FN3OS/c1-16(2)14-24-9-11-25(12-10-24)15-20(26)23-21(19-4-3-13-27-19)17-5-7-18(22)8-6-17/h3-8,13,16,21H,9-12,14-15H2,1-2H3,(H,23,26). The molecular formula is C21H28FN3OS. The van der Waals surface area contributed by atoms with Gasteiger partial charge in [-0.2, -0.15) is 0 Å². The summed E-state index contributed by atoms with van der Waals surface area (Å²) in [5, 5.41) is 5.13. The number of halogens is 1. The van der Waals surface area contributed by atoms with Crippen LogP contribution in [-0.2, 0) is 4.79 Å². The fourth-order valence-corrected chi connectivity index (χ4v) is 4.29. The SMILES string of the molecule is CC(C)CN1CCN(CC(=O)NC(c2ccc(F)cc2)c2cccs2)CC1. The zero-order valence-electron chi connectivity index (χ0n) is 16.0. The molecule has 1 unspecified atom stereocenters. The average molecular weight is 390 g/mol. The molecule has 6 heteroatoms. The molecule has 0 spiro atoms. The molecule has 2 heterocycles. The number of benzene rings is 1. The van der Waals surface area contributed by atoms with Crippen LogP contribution in [0.3, 0.4) is 0 Å². The van der Waals surface area contributed by atoms with Crippen molar-refractivity contribution in [2.45, 2.75) is 19.9 Å². The van der Waals surface area contributed by atoms with Crippen LogP contribution in [0.25, 0.3) is 0 Å². The molecule has 1 aliphatic rings. The van der Waals surface area contributed by atoms with Crippen molar-refractivity contribution in [2.75, 3.05) is 39.3 Å². The molecule has 1 amide bonds. The number of carbonyl (C=O) groups is 1. The van der Waals surface area contributed by atoms with Crippen LogP contribution in [0.5, 0.6) is 0 Å². The number of nitrogens with one attached hydrogen (secondary N) is 1. The highest BCUT2D eigenvalue weighted by atomic mass is 32.1. The molecule has 1 fully saturated rings. The monoisotopic (exact) mass is 389 g/mol. The maximum atomic E-state index is 13.3. The average Bonchev–Trinajstić information content (AvgIpc) is 3.16. The summed E-state index contributed by atoms with van der Waals surface area (Å²) in [7, 11) is 0. The largest absolute Gasteiger partial charge is 0.343 e. The third kappa shape index (κ3) is 5.86. The highest BCUT2D eigenvalue weighted by Gasteiger charge is 2.22. The molecule has 146 valence electrons. The van der Waals surface area contributed by atoms with E-state index in [1.54, 1.807) is 23.5 Å². The highest BCUT2D eigenvalue weighted by Crippen LogP contribution is 2.26. The minimum absolute atomic E-state index is 0.00929. The van der Waals surface area contributed by atoms with Crippen LogP contribution in [0.15, 0.2) is 41.8 Å². The van der Waals surface area contributed by atoms with E-state index in [9.17, 15) is 9.18 Å². The van der Waals surface area contributed by atoms with E-state index in [0.717, 1.165) is 43.2 Å². The predicted molar refractivity (Wildman–Crippen MR) is 108 cm³/mol. The van der Waals surface area contributed by atoms with Gasteiger partial charge in [-0.05, 0) is 35.1 Å². The van der Waals surface area contributed by atoms with E-state index in [-0.39, 0.29) is 17.8 Å². The van der Waals surface area contributed by atoms with E-state index < -0.39 is 0 Å². The maximum Gasteiger partial charge on any atom is 0.234 e. The molecule has 1 saturated heterocycles. The number of amides is 1. The first-order valence-electron chi connectivity index (χ1n) is 9.54. The van der Waals surface area contributed by atoms with E-state index in [2.05, 4.69) is 29.0 Å². The summed E-state index contributed by atoms with van der Waals surface area (Å²) >= 11 is 1.60. The maximum absolute atomic E-state index is 13.3. The van der Waals surface area contributed by atoms with E-state index >= 15 is 0 Å². The van der Waals surface area contributed by atoms with E-state index in [1.165, 1.54) is 12.1 Å². The zero-order valence-corrected chi connectivity index (χ0v) is 16.8. The third-order valence-corrected chi connectivity index (χ3v) is 5.73. The summed E-state index contributed by atoms with van der Waals surface area (Å²) in [5.74, 6) is 0.409. The van der Waals surface area contributed by atoms with Crippen molar-refractivity contribution < 1.29 is 9.18 Å². The van der Waals surface area contributed by atoms with E-state index in [4.69, 9.17) is 0 Å². The smallest absolute Gasteiger partial charge is 0.234 e. The molecule has 0 radical (unpaired) electrons. The second-order valence-electron chi connectivity index (χ2n) is 7.54. The Morgan fingerprint density at radius 2 is 1.78 bits per heavy atom. The van der Waals surface area contributed by atoms with Crippen molar-refractivity contribution >= 4 is 17.2 Å². The Balaban J connectivity index is 1.58. The van der Waals surface area contributed by atoms with Gasteiger partial charge in [0.25, 0.3) is 0 Å². The summed E-state index contributed by atoms with van der Waals surface area (Å²) in [6.07, 6.45) is 0. The van der Waals surface area contributed by atoms with Crippen molar-refractivity contribution in [1.29, 1.82) is 0 Å². The van der Waals surface area contributed by atoms with Crippen LogP contribution in [0, 0.1) is 11.7 Å². The molecule has 0 aliphatic carbocycles. The summed E-state index contributed by atoms with van der Waals surface area (Å²) < 4.78 is 13.3. The number of piperazine rings is 1. The molecule has 3 rings (SSSR count). The summed E-state index contributed by atoms with van der Waals surface area (Å²) in [6, 6.07) is 10.1. The number of hydrogen-bond acceptors (Lipinski definition) is 4. The van der Waals surface area contributed by atoms with Crippen molar-refractivity contribution in [3.05, 3.63) is 58.0 Å². The van der Waals surface area contributed by atoms with Crippen LogP contribution in [0.4, 0.5) is 4.39 Å². The number of rotatable bonds is 7. The molecule has 1 N–H and O–H groups in total. The van der Waals surface area contributed by atoms with Gasteiger partial charge in [0.15, 0.2) is 0 Å². The lowest BCUT2D eigenvalue weighted by molar-refractivity contribution is -0.123. The van der Waals surface area contributed by atoms with Gasteiger partial charge < -0.3 is 10.2 Å². The number of thiophene rings is 1. The minimum Gasteiger partial charge on any atom is -0.343 e. The second-order valence-corrected chi connectivity index (χ2v) is 8.52. The van der Waals surface area contributed by atoms with Gasteiger partial charge in [0.2, 0.25) is 5.91 Å². The Morgan fingerprint density at radius 3 is 2.37 bits per heavy atom. The Hall–Kier alpha value is -1.76. The molecule has 1 aliphatic heterocycles. The molecule has 27 heavy (non-hydrogen) atoms. The molecule has 1 aromatic heterocycles. The van der Waals surface area contributed by atoms with Gasteiger partial charge in [0, 0.05) is 37.6 Å². The van der Waals surface area contributed by atoms with Gasteiger partial charge >= 0.3 is 0 Å². The molecule has 0 saturated carbocycles. The Kier molecular flexibility index (Phi) is 6.99. The first-order chi connectivity index (χ1) is 13.0. The Labute approximate surface area is 165 Å². The van der Waals surface area contributed by atoms with Crippen LogP contribution in [0.1, 0.15) is 30.3 Å². The minimum atomic E-state index is -0.269. The van der Waals surface area contributed by atoms with Gasteiger partial charge in [0.05, 0.1) is 12.6 Å². The fourth-order valence-electron chi connectivity index (χ4n) is 3.49. The molecular weight excluding hydrogens is 361 g/mol. The van der Waals surface area contributed by atoms with Gasteiger partial charge in [-0.25, -0.2) is 4.39 Å². The number of carbonyl (C=O) groups excluding carboxylic acids is 1. The lowest BCUT2D eigenvalue weighted by Gasteiger charge is -2.35. The fraction of sp³-hybridized carbons (Fsp3) is 0.476. The summed E-state index contributed by atoms with van der Waals surface area (Å²) in [6.45, 7) is 9.85. The Bertz CT molecular complexity index is 710. The molecule has 0 bridgehead atoms. The Morgan fingerprint density at radius 1 is 1.11 bits per heavy atom. The molecule has 2 aromatic rings. The predicted octanol–water partition coefficient (Wildman–Crippen LogP) is 3.37. The molecule has 4 nitrogen and oxygen atoms in total. The first-order valence-corrected chi connectivity index (χ1v) is 10.4. The highest BCUT2D eigenvalue weighted by molar-refractivity contribution is 7.10. The van der Waals surface area contributed by atoms with Gasteiger partial charge in [0.1, 0.15) is 5.82 Å². The van der Waals surface area contributed by atoms with Crippen molar-refractivity contribution in [2.24, 2.45) is 5.92 Å². The van der Waals surface area contributed by atoms with Gasteiger partial charge in [-0.1, -0.05) is 32.0 Å². The van der Waals surface area contributed by atoms with E-state index in [1.807, 2.05) is 17.5 Å². The number of hydrogen-bond donors (Lipinski definition) is 1. The molecule has 1 atom stereocenters. The summed E-state index contributed by atoms with van der Waals surface area (Å²) in [5.41, 5.74) is 0.897. The topological polar surface area (TPSA) is 35.6 Å². The van der Waals surface area contributed by atoms with Crippen molar-refractivity contribution in [3.8, 4) is 0 Å². The van der Waals surface area contributed by atoms with Gasteiger partial charge in [-0.3, -0.25) is 9.69 Å². The first kappa shape index (κ1) is 20.0. The van der Waals surface area contributed by atoms with Crippen molar-refractivity contribution in [1.82, 2.24) is 15.1 Å². The van der Waals surface area contributed by atoms with Crippen LogP contribution >= 0.6 is 11.3 Å². The van der Waals surface area contributed by atoms with E-state index in [0.29, 0.717) is 12.5 Å². The second kappa shape index (κ2) is 9.44. The molecule has 1 aromatic carbocycles.